The molecule has 3 rings (SSSR count). The number of hydrogen-bond acceptors (Lipinski definition) is 5. The minimum Gasteiger partial charge on any atom is -0.354 e. The van der Waals surface area contributed by atoms with Gasteiger partial charge < -0.3 is 16.4 Å². The van der Waals surface area contributed by atoms with Crippen molar-refractivity contribution in [1.82, 2.24) is 14.9 Å². The fraction of sp³-hybridized carbons (Fsp3) is 0.500. The van der Waals surface area contributed by atoms with Gasteiger partial charge in [-0.25, -0.2) is 8.42 Å². The van der Waals surface area contributed by atoms with Crippen LogP contribution < -0.4 is 16.4 Å². The van der Waals surface area contributed by atoms with Crippen LogP contribution in [-0.2, 0) is 14.8 Å². The minimum absolute atomic E-state index is 0.00516. The Balaban J connectivity index is 1.78. The van der Waals surface area contributed by atoms with Crippen LogP contribution in [-0.4, -0.2) is 56.8 Å². The monoisotopic (exact) mass is 366 g/mol. The highest BCUT2D eigenvalue weighted by atomic mass is 32.2. The summed E-state index contributed by atoms with van der Waals surface area (Å²) in [6.45, 7) is 0.631. The van der Waals surface area contributed by atoms with E-state index in [0.717, 1.165) is 17.1 Å². The second kappa shape index (κ2) is 7.11. The average Bonchev–Trinajstić information content (AvgIpc) is 3.44. The molecule has 1 saturated heterocycles. The van der Waals surface area contributed by atoms with Crippen molar-refractivity contribution in [2.24, 2.45) is 11.7 Å². The summed E-state index contributed by atoms with van der Waals surface area (Å²) in [4.78, 5) is 23.9. The Kier molecular flexibility index (Phi) is 5.07. The van der Waals surface area contributed by atoms with Gasteiger partial charge in [-0.2, -0.15) is 4.31 Å². The number of carbonyl (C=O) groups is 2. The summed E-state index contributed by atoms with van der Waals surface area (Å²) in [6.07, 6.45) is 2.10. The first-order valence-corrected chi connectivity index (χ1v) is 9.73. The van der Waals surface area contributed by atoms with Gasteiger partial charge in [0.25, 0.3) is 5.91 Å². The maximum absolute atomic E-state index is 12.7. The average molecular weight is 366 g/mol. The number of piperazine rings is 1. The van der Waals surface area contributed by atoms with Crippen LogP contribution in [0.3, 0.4) is 0 Å². The van der Waals surface area contributed by atoms with Gasteiger partial charge in [-0.3, -0.25) is 9.59 Å². The summed E-state index contributed by atoms with van der Waals surface area (Å²) in [6, 6.07) is 5.79. The lowest BCUT2D eigenvalue weighted by Crippen LogP contribution is -2.49. The lowest BCUT2D eigenvalue weighted by Gasteiger charge is -2.26. The standard InChI is InChI=1S/C16H22N4O4S/c17-9-14(11-4-5-11)19-16(22)12-2-1-3-13(8-12)25(23,24)20-7-6-18-15(21)10-20/h1-3,8,11,14H,4-7,9-10,17H2,(H,18,21)(H,19,22). The number of sulfonamides is 1. The van der Waals surface area contributed by atoms with E-state index in [4.69, 9.17) is 5.73 Å². The van der Waals surface area contributed by atoms with Gasteiger partial charge in [0, 0.05) is 31.2 Å². The predicted molar refractivity (Wildman–Crippen MR) is 91.2 cm³/mol. The number of carbonyl (C=O) groups excluding carboxylic acids is 2. The van der Waals surface area contributed by atoms with Crippen LogP contribution in [0.5, 0.6) is 0 Å². The van der Waals surface area contributed by atoms with E-state index >= 15 is 0 Å². The maximum atomic E-state index is 12.7. The Labute approximate surface area is 146 Å². The molecule has 1 aliphatic heterocycles. The molecular formula is C16H22N4O4S. The Morgan fingerprint density at radius 2 is 2.16 bits per heavy atom. The number of benzene rings is 1. The number of nitrogens with zero attached hydrogens (tertiary/aromatic N) is 1. The lowest BCUT2D eigenvalue weighted by molar-refractivity contribution is -0.122. The third-order valence-corrected chi connectivity index (χ3v) is 6.34. The fourth-order valence-electron chi connectivity index (χ4n) is 2.89. The molecule has 25 heavy (non-hydrogen) atoms. The van der Waals surface area contributed by atoms with Crippen molar-refractivity contribution in [3.05, 3.63) is 29.8 Å². The molecule has 1 aromatic rings. The SMILES string of the molecule is NCC(NC(=O)c1cccc(S(=O)(=O)N2CCNC(=O)C2)c1)C1CC1. The van der Waals surface area contributed by atoms with Gasteiger partial charge >= 0.3 is 0 Å². The zero-order valence-electron chi connectivity index (χ0n) is 13.8. The van der Waals surface area contributed by atoms with Gasteiger partial charge in [-0.05, 0) is 37.0 Å². The summed E-state index contributed by atoms with van der Waals surface area (Å²) in [5.74, 6) is -0.262. The first-order chi connectivity index (χ1) is 11.9. The van der Waals surface area contributed by atoms with Gasteiger partial charge in [-0.15, -0.1) is 0 Å². The van der Waals surface area contributed by atoms with E-state index in [9.17, 15) is 18.0 Å². The Morgan fingerprint density at radius 1 is 1.40 bits per heavy atom. The molecule has 4 N–H and O–H groups in total. The number of amides is 2. The molecule has 2 fully saturated rings. The number of rotatable bonds is 6. The first-order valence-electron chi connectivity index (χ1n) is 8.29. The van der Waals surface area contributed by atoms with Crippen molar-refractivity contribution in [3.8, 4) is 0 Å². The summed E-state index contributed by atoms with van der Waals surface area (Å²) < 4.78 is 26.5. The predicted octanol–water partition coefficient (Wildman–Crippen LogP) is -0.726. The van der Waals surface area contributed by atoms with Crippen LogP contribution in [0.4, 0.5) is 0 Å². The molecule has 2 aliphatic rings. The first kappa shape index (κ1) is 17.8. The van der Waals surface area contributed by atoms with E-state index in [-0.39, 0.29) is 47.9 Å². The zero-order valence-corrected chi connectivity index (χ0v) is 14.6. The Bertz CT molecular complexity index is 776. The van der Waals surface area contributed by atoms with Gasteiger partial charge in [0.15, 0.2) is 0 Å². The molecule has 9 heteroatoms. The van der Waals surface area contributed by atoms with Crippen LogP contribution in [0, 0.1) is 5.92 Å². The topological polar surface area (TPSA) is 122 Å². The molecule has 1 heterocycles. The van der Waals surface area contributed by atoms with Crippen LogP contribution in [0.25, 0.3) is 0 Å². The highest BCUT2D eigenvalue weighted by molar-refractivity contribution is 7.89. The van der Waals surface area contributed by atoms with Crippen LogP contribution in [0.1, 0.15) is 23.2 Å². The van der Waals surface area contributed by atoms with Crippen molar-refractivity contribution in [2.45, 2.75) is 23.8 Å². The molecule has 1 saturated carbocycles. The zero-order chi connectivity index (χ0) is 18.0. The van der Waals surface area contributed by atoms with Crippen molar-refractivity contribution < 1.29 is 18.0 Å². The molecule has 1 unspecified atom stereocenters. The van der Waals surface area contributed by atoms with E-state index in [1.165, 1.54) is 18.2 Å². The highest BCUT2D eigenvalue weighted by Gasteiger charge is 2.32. The van der Waals surface area contributed by atoms with Crippen LogP contribution in [0.2, 0.25) is 0 Å². The third kappa shape index (κ3) is 4.00. The normalized spacial score (nSPS) is 20.0. The largest absolute Gasteiger partial charge is 0.354 e. The van der Waals surface area contributed by atoms with Gasteiger partial charge in [0.1, 0.15) is 0 Å². The fourth-order valence-corrected chi connectivity index (χ4v) is 4.33. The van der Waals surface area contributed by atoms with Gasteiger partial charge in [0.2, 0.25) is 15.9 Å². The van der Waals surface area contributed by atoms with E-state index in [0.29, 0.717) is 12.5 Å². The molecule has 1 aliphatic carbocycles. The number of nitrogens with two attached hydrogens (primary N) is 1. The summed E-state index contributed by atoms with van der Waals surface area (Å²) in [7, 11) is -3.82. The molecule has 136 valence electrons. The van der Waals surface area contributed by atoms with Crippen LogP contribution in [0.15, 0.2) is 29.2 Å². The molecule has 1 aromatic carbocycles. The van der Waals surface area contributed by atoms with E-state index in [1.807, 2.05) is 0 Å². The minimum atomic E-state index is -3.82. The van der Waals surface area contributed by atoms with Gasteiger partial charge in [0.05, 0.1) is 11.4 Å². The molecule has 2 amide bonds. The molecule has 1 atom stereocenters. The van der Waals surface area contributed by atoms with Crippen molar-refractivity contribution in [3.63, 3.8) is 0 Å². The summed E-state index contributed by atoms with van der Waals surface area (Å²) >= 11 is 0. The molecule has 8 nitrogen and oxygen atoms in total. The van der Waals surface area contributed by atoms with Crippen molar-refractivity contribution in [1.29, 1.82) is 0 Å². The van der Waals surface area contributed by atoms with Crippen LogP contribution >= 0.6 is 0 Å². The quantitative estimate of drug-likeness (QED) is 0.613. The summed E-state index contributed by atoms with van der Waals surface area (Å²) in [5, 5.41) is 5.46. The lowest BCUT2D eigenvalue weighted by atomic mass is 10.1. The van der Waals surface area contributed by atoms with Crippen molar-refractivity contribution in [2.75, 3.05) is 26.2 Å². The number of nitrogens with one attached hydrogen (secondary N) is 2. The molecule has 0 spiro atoms. The van der Waals surface area contributed by atoms with E-state index < -0.39 is 10.0 Å². The molecule has 0 bridgehead atoms. The smallest absolute Gasteiger partial charge is 0.251 e. The second-order valence-electron chi connectivity index (χ2n) is 6.37. The molecule has 0 radical (unpaired) electrons. The molecule has 0 aromatic heterocycles. The van der Waals surface area contributed by atoms with E-state index in [2.05, 4.69) is 10.6 Å². The Morgan fingerprint density at radius 3 is 2.80 bits per heavy atom. The second-order valence-corrected chi connectivity index (χ2v) is 8.31. The number of hydrogen-bond donors (Lipinski definition) is 3. The molecular weight excluding hydrogens is 344 g/mol. The van der Waals surface area contributed by atoms with Crippen molar-refractivity contribution >= 4 is 21.8 Å². The Hall–Kier alpha value is -1.97. The maximum Gasteiger partial charge on any atom is 0.251 e. The van der Waals surface area contributed by atoms with Gasteiger partial charge in [-0.1, -0.05) is 6.07 Å². The van der Waals surface area contributed by atoms with E-state index in [1.54, 1.807) is 6.07 Å². The summed E-state index contributed by atoms with van der Waals surface area (Å²) in [5.41, 5.74) is 5.96. The third-order valence-electron chi connectivity index (χ3n) is 4.50. The highest BCUT2D eigenvalue weighted by Crippen LogP contribution is 2.32.